The number of nitrogens with zero attached hydrogens (tertiary/aromatic N) is 1. The molecule has 1 saturated heterocycles. The number of hydrogen-bond donors (Lipinski definition) is 2. The Labute approximate surface area is 99.6 Å². The van der Waals surface area contributed by atoms with Gasteiger partial charge in [0.1, 0.15) is 5.82 Å². The Bertz CT molecular complexity index is 416. The molecule has 0 radical (unpaired) electrons. The number of aryl methyl sites for hydroxylation is 1. The third kappa shape index (κ3) is 3.00. The molecule has 0 bridgehead atoms. The van der Waals surface area contributed by atoms with Crippen molar-refractivity contribution in [2.24, 2.45) is 0 Å². The summed E-state index contributed by atoms with van der Waals surface area (Å²) in [7, 11) is 0. The van der Waals surface area contributed by atoms with E-state index in [2.05, 4.69) is 15.6 Å². The van der Waals surface area contributed by atoms with Gasteiger partial charge in [-0.15, -0.1) is 0 Å². The monoisotopic (exact) mass is 237 g/mol. The molecule has 1 aliphatic heterocycles. The highest BCUT2D eigenvalue weighted by Crippen LogP contribution is 2.09. The van der Waals surface area contributed by atoms with Gasteiger partial charge in [0.05, 0.1) is 17.5 Å². The van der Waals surface area contributed by atoms with Crippen molar-refractivity contribution in [3.05, 3.63) is 29.3 Å². The fourth-order valence-electron chi connectivity index (χ4n) is 1.97. The van der Waals surface area contributed by atoms with Crippen LogP contribution >= 0.6 is 0 Å². The summed E-state index contributed by atoms with van der Waals surface area (Å²) >= 11 is 0. The van der Waals surface area contributed by atoms with Gasteiger partial charge in [-0.1, -0.05) is 0 Å². The van der Waals surface area contributed by atoms with Gasteiger partial charge in [-0.3, -0.25) is 9.78 Å². The smallest absolute Gasteiger partial charge is 0.253 e. The average Bonchev–Trinajstić information content (AvgIpc) is 2.33. The molecule has 2 N–H and O–H groups in total. The predicted octanol–water partition coefficient (Wildman–Crippen LogP) is 1.01. The summed E-state index contributed by atoms with van der Waals surface area (Å²) in [4.78, 5) is 15.8. The van der Waals surface area contributed by atoms with Crippen LogP contribution in [0.3, 0.4) is 0 Å². The van der Waals surface area contributed by atoms with Crippen molar-refractivity contribution >= 4 is 5.91 Å². The lowest BCUT2D eigenvalue weighted by atomic mass is 10.1. The number of amides is 1. The van der Waals surface area contributed by atoms with E-state index in [1.54, 1.807) is 6.92 Å². The molecule has 1 aromatic rings. The Kier molecular flexibility index (Phi) is 3.68. The molecule has 0 spiro atoms. The van der Waals surface area contributed by atoms with Crippen molar-refractivity contribution in [2.45, 2.75) is 25.8 Å². The molecule has 4 nitrogen and oxygen atoms in total. The van der Waals surface area contributed by atoms with Gasteiger partial charge in [0.15, 0.2) is 0 Å². The molecule has 0 saturated carbocycles. The van der Waals surface area contributed by atoms with E-state index in [-0.39, 0.29) is 11.9 Å². The molecule has 2 heterocycles. The largest absolute Gasteiger partial charge is 0.349 e. The summed E-state index contributed by atoms with van der Waals surface area (Å²) in [6.45, 7) is 3.52. The maximum Gasteiger partial charge on any atom is 0.253 e. The zero-order valence-corrected chi connectivity index (χ0v) is 9.79. The van der Waals surface area contributed by atoms with E-state index in [0.29, 0.717) is 11.3 Å². The molecule has 0 atom stereocenters. The Morgan fingerprint density at radius 1 is 1.53 bits per heavy atom. The molecule has 2 rings (SSSR count). The molecule has 17 heavy (non-hydrogen) atoms. The van der Waals surface area contributed by atoms with E-state index in [0.717, 1.165) is 32.1 Å². The first-order valence-corrected chi connectivity index (χ1v) is 5.80. The summed E-state index contributed by atoms with van der Waals surface area (Å²) < 4.78 is 13.0. The van der Waals surface area contributed by atoms with E-state index in [4.69, 9.17) is 0 Å². The minimum absolute atomic E-state index is 0.173. The lowest BCUT2D eigenvalue weighted by Gasteiger charge is -2.23. The molecule has 1 fully saturated rings. The standard InChI is InChI=1S/C12H16FN3O/c1-8-11(6-9(13)7-15-8)12(17)16-10-2-4-14-5-3-10/h6-7,10,14H,2-5H2,1H3,(H,16,17). The number of rotatable bonds is 2. The van der Waals surface area contributed by atoms with Gasteiger partial charge in [0.25, 0.3) is 5.91 Å². The second kappa shape index (κ2) is 5.23. The van der Waals surface area contributed by atoms with Crippen LogP contribution in [0.4, 0.5) is 4.39 Å². The molecule has 0 aromatic carbocycles. The normalized spacial score (nSPS) is 16.8. The van der Waals surface area contributed by atoms with E-state index in [1.165, 1.54) is 6.07 Å². The number of halogens is 1. The Morgan fingerprint density at radius 3 is 2.94 bits per heavy atom. The van der Waals surface area contributed by atoms with Gasteiger partial charge in [0, 0.05) is 6.04 Å². The first-order valence-electron chi connectivity index (χ1n) is 5.80. The maximum absolute atomic E-state index is 13.0. The second-order valence-corrected chi connectivity index (χ2v) is 4.28. The Morgan fingerprint density at radius 2 is 2.24 bits per heavy atom. The Balaban J connectivity index is 2.05. The fraction of sp³-hybridized carbons (Fsp3) is 0.500. The SMILES string of the molecule is Cc1ncc(F)cc1C(=O)NC1CCNCC1. The van der Waals surface area contributed by atoms with Gasteiger partial charge in [-0.05, 0) is 38.9 Å². The van der Waals surface area contributed by atoms with Gasteiger partial charge >= 0.3 is 0 Å². The third-order valence-corrected chi connectivity index (χ3v) is 2.97. The molecule has 1 amide bonds. The highest BCUT2D eigenvalue weighted by molar-refractivity contribution is 5.95. The topological polar surface area (TPSA) is 54.0 Å². The Hall–Kier alpha value is -1.49. The van der Waals surface area contributed by atoms with Crippen LogP contribution < -0.4 is 10.6 Å². The lowest BCUT2D eigenvalue weighted by molar-refractivity contribution is 0.0928. The third-order valence-electron chi connectivity index (χ3n) is 2.97. The molecule has 92 valence electrons. The molecule has 1 aromatic heterocycles. The van der Waals surface area contributed by atoms with Gasteiger partial charge in [-0.25, -0.2) is 4.39 Å². The number of carbonyl (C=O) groups excluding carboxylic acids is 1. The first kappa shape index (κ1) is 12.0. The summed E-state index contributed by atoms with van der Waals surface area (Å²) in [6.07, 6.45) is 2.94. The molecule has 1 aliphatic rings. The fourth-order valence-corrected chi connectivity index (χ4v) is 1.97. The predicted molar refractivity (Wildman–Crippen MR) is 62.3 cm³/mol. The quantitative estimate of drug-likeness (QED) is 0.807. The molecule has 0 unspecified atom stereocenters. The van der Waals surface area contributed by atoms with E-state index in [9.17, 15) is 9.18 Å². The number of piperidine rings is 1. The number of nitrogens with one attached hydrogen (secondary N) is 2. The van der Waals surface area contributed by atoms with E-state index >= 15 is 0 Å². The highest BCUT2D eigenvalue weighted by Gasteiger charge is 2.18. The number of carbonyl (C=O) groups is 1. The minimum atomic E-state index is -0.480. The van der Waals surface area contributed by atoms with Crippen molar-refractivity contribution in [1.29, 1.82) is 0 Å². The first-order chi connectivity index (χ1) is 8.16. The summed E-state index contributed by atoms with van der Waals surface area (Å²) in [5.74, 6) is -0.715. The van der Waals surface area contributed by atoms with Crippen LogP contribution in [0.5, 0.6) is 0 Å². The number of hydrogen-bond acceptors (Lipinski definition) is 3. The van der Waals surface area contributed by atoms with Gasteiger partial charge in [0.2, 0.25) is 0 Å². The number of aromatic nitrogens is 1. The van der Waals surface area contributed by atoms with Crippen LogP contribution in [0, 0.1) is 12.7 Å². The van der Waals surface area contributed by atoms with Crippen LogP contribution in [-0.4, -0.2) is 30.0 Å². The molecular formula is C12H16FN3O. The zero-order chi connectivity index (χ0) is 12.3. The minimum Gasteiger partial charge on any atom is -0.349 e. The van der Waals surface area contributed by atoms with Crippen LogP contribution in [0.1, 0.15) is 28.9 Å². The van der Waals surface area contributed by atoms with Crippen molar-refractivity contribution in [3.8, 4) is 0 Å². The average molecular weight is 237 g/mol. The van der Waals surface area contributed by atoms with Crippen molar-refractivity contribution < 1.29 is 9.18 Å². The molecule has 5 heteroatoms. The van der Waals surface area contributed by atoms with Crippen molar-refractivity contribution in [2.75, 3.05) is 13.1 Å². The summed E-state index contributed by atoms with van der Waals surface area (Å²) in [6, 6.07) is 1.41. The molecule has 0 aliphatic carbocycles. The van der Waals surface area contributed by atoms with Gasteiger partial charge < -0.3 is 10.6 Å². The summed E-state index contributed by atoms with van der Waals surface area (Å²) in [5.41, 5.74) is 0.876. The van der Waals surface area contributed by atoms with E-state index < -0.39 is 5.82 Å². The van der Waals surface area contributed by atoms with Crippen LogP contribution in [-0.2, 0) is 0 Å². The lowest BCUT2D eigenvalue weighted by Crippen LogP contribution is -2.42. The maximum atomic E-state index is 13.0. The molecular weight excluding hydrogens is 221 g/mol. The van der Waals surface area contributed by atoms with Crippen LogP contribution in [0.2, 0.25) is 0 Å². The van der Waals surface area contributed by atoms with Crippen LogP contribution in [0.25, 0.3) is 0 Å². The zero-order valence-electron chi connectivity index (χ0n) is 9.79. The van der Waals surface area contributed by atoms with Crippen molar-refractivity contribution in [3.63, 3.8) is 0 Å². The van der Waals surface area contributed by atoms with E-state index in [1.807, 2.05) is 0 Å². The highest BCUT2D eigenvalue weighted by atomic mass is 19.1. The van der Waals surface area contributed by atoms with Crippen LogP contribution in [0.15, 0.2) is 12.3 Å². The second-order valence-electron chi connectivity index (χ2n) is 4.28. The summed E-state index contributed by atoms with van der Waals surface area (Å²) in [5, 5.41) is 6.14. The van der Waals surface area contributed by atoms with Gasteiger partial charge in [-0.2, -0.15) is 0 Å². The van der Waals surface area contributed by atoms with Crippen molar-refractivity contribution in [1.82, 2.24) is 15.6 Å². The number of pyridine rings is 1.